The highest BCUT2D eigenvalue weighted by Gasteiger charge is 2.25. The summed E-state index contributed by atoms with van der Waals surface area (Å²) in [6, 6.07) is 7.40. The highest BCUT2D eigenvalue weighted by Crippen LogP contribution is 2.34. The first-order chi connectivity index (χ1) is 14.2. The fourth-order valence-corrected chi connectivity index (χ4v) is 4.13. The Bertz CT molecular complexity index is 1040. The molecular formula is C23H30N4O2S. The van der Waals surface area contributed by atoms with Crippen LogP contribution in [0.3, 0.4) is 0 Å². The van der Waals surface area contributed by atoms with Crippen molar-refractivity contribution in [3.63, 3.8) is 0 Å². The lowest BCUT2D eigenvalue weighted by molar-refractivity contribution is 0.0953. The lowest BCUT2D eigenvalue weighted by Gasteiger charge is -2.21. The van der Waals surface area contributed by atoms with Crippen molar-refractivity contribution in [1.82, 2.24) is 14.9 Å². The average molecular weight is 427 g/mol. The molecule has 2 heterocycles. The molecule has 0 aliphatic heterocycles. The maximum absolute atomic E-state index is 12.8. The quantitative estimate of drug-likeness (QED) is 0.501. The van der Waals surface area contributed by atoms with E-state index in [2.05, 4.69) is 43.3 Å². The largest absolute Gasteiger partial charge is 0.352 e. The smallest absolute Gasteiger partial charge is 0.257 e. The minimum absolute atomic E-state index is 0.0980. The molecule has 7 heteroatoms. The zero-order valence-electron chi connectivity index (χ0n) is 18.3. The fraction of sp³-hybridized carbons (Fsp3) is 0.435. The Labute approximate surface area is 181 Å². The number of nitrogens with zero attached hydrogens (tertiary/aromatic N) is 2. The van der Waals surface area contributed by atoms with Crippen LogP contribution in [0.2, 0.25) is 0 Å². The summed E-state index contributed by atoms with van der Waals surface area (Å²) in [6.07, 6.45) is 5.04. The first kappa shape index (κ1) is 22.0. The number of aromatic nitrogens is 2. The maximum atomic E-state index is 12.8. The number of hydrogen-bond donors (Lipinski definition) is 2. The van der Waals surface area contributed by atoms with Gasteiger partial charge in [0.2, 0.25) is 0 Å². The highest BCUT2D eigenvalue weighted by atomic mass is 32.1. The summed E-state index contributed by atoms with van der Waals surface area (Å²) in [4.78, 5) is 30.1. The Morgan fingerprint density at radius 3 is 2.43 bits per heavy atom. The van der Waals surface area contributed by atoms with Crippen molar-refractivity contribution in [1.29, 1.82) is 0 Å². The van der Waals surface area contributed by atoms with Crippen LogP contribution in [-0.4, -0.2) is 27.9 Å². The van der Waals surface area contributed by atoms with Crippen molar-refractivity contribution in [3.8, 4) is 0 Å². The van der Waals surface area contributed by atoms with Gasteiger partial charge in [0.1, 0.15) is 0 Å². The molecule has 2 aromatic heterocycles. The number of unbranched alkanes of at least 4 members (excludes halogenated alkanes) is 2. The predicted molar refractivity (Wildman–Crippen MR) is 124 cm³/mol. The summed E-state index contributed by atoms with van der Waals surface area (Å²) >= 11 is 1.33. The number of thiazole rings is 1. The van der Waals surface area contributed by atoms with Crippen LogP contribution in [0.15, 0.2) is 30.5 Å². The Kier molecular flexibility index (Phi) is 6.61. The Balaban J connectivity index is 1.89. The fourth-order valence-electron chi connectivity index (χ4n) is 3.17. The van der Waals surface area contributed by atoms with Crippen LogP contribution in [0.25, 0.3) is 10.3 Å². The van der Waals surface area contributed by atoms with Gasteiger partial charge in [-0.25, -0.2) is 4.98 Å². The number of amides is 2. The first-order valence-electron chi connectivity index (χ1n) is 10.4. The number of nitrogens with one attached hydrogen (secondary N) is 2. The number of rotatable bonds is 7. The number of aryl methyl sites for hydroxylation is 1. The van der Waals surface area contributed by atoms with Gasteiger partial charge in [0.05, 0.1) is 10.3 Å². The normalized spacial score (nSPS) is 11.6. The van der Waals surface area contributed by atoms with Gasteiger partial charge in [-0.1, -0.05) is 48.8 Å². The SMILES string of the molecule is CCCCCNC(=O)c1cn(C(C)(C)C)c2nc(NC(=O)c3ccc(C)cc3)sc12. The van der Waals surface area contributed by atoms with Crippen LogP contribution in [0.4, 0.5) is 5.13 Å². The Morgan fingerprint density at radius 1 is 1.10 bits per heavy atom. The molecule has 0 saturated carbocycles. The van der Waals surface area contributed by atoms with Gasteiger partial charge >= 0.3 is 0 Å². The molecule has 0 aliphatic rings. The van der Waals surface area contributed by atoms with Crippen molar-refractivity contribution in [2.45, 2.75) is 59.4 Å². The summed E-state index contributed by atoms with van der Waals surface area (Å²) < 4.78 is 2.79. The van der Waals surface area contributed by atoms with Crippen molar-refractivity contribution in [2.24, 2.45) is 0 Å². The summed E-state index contributed by atoms with van der Waals surface area (Å²) in [6.45, 7) is 11.0. The molecule has 0 saturated heterocycles. The van der Waals surface area contributed by atoms with Gasteiger partial charge in [0.15, 0.2) is 10.8 Å². The molecule has 2 amide bonds. The number of fused-ring (bicyclic) bond motifs is 1. The Morgan fingerprint density at radius 2 is 1.80 bits per heavy atom. The van der Waals surface area contributed by atoms with Crippen molar-refractivity contribution >= 4 is 38.6 Å². The van der Waals surface area contributed by atoms with Crippen LogP contribution in [0.5, 0.6) is 0 Å². The minimum Gasteiger partial charge on any atom is -0.352 e. The summed E-state index contributed by atoms with van der Waals surface area (Å²) in [7, 11) is 0. The van der Waals surface area contributed by atoms with Gasteiger partial charge in [0.25, 0.3) is 11.8 Å². The lowest BCUT2D eigenvalue weighted by Crippen LogP contribution is -2.25. The molecule has 0 spiro atoms. The van der Waals surface area contributed by atoms with Gasteiger partial charge in [0, 0.05) is 23.8 Å². The second-order valence-electron chi connectivity index (χ2n) is 8.54. The molecule has 0 bridgehead atoms. The predicted octanol–water partition coefficient (Wildman–Crippen LogP) is 5.33. The molecule has 3 rings (SSSR count). The van der Waals surface area contributed by atoms with E-state index in [-0.39, 0.29) is 17.4 Å². The molecule has 30 heavy (non-hydrogen) atoms. The van der Waals surface area contributed by atoms with Gasteiger partial charge in [-0.3, -0.25) is 14.9 Å². The van der Waals surface area contributed by atoms with E-state index in [9.17, 15) is 9.59 Å². The van der Waals surface area contributed by atoms with E-state index < -0.39 is 0 Å². The number of anilines is 1. The van der Waals surface area contributed by atoms with Crippen LogP contribution in [0, 0.1) is 6.92 Å². The molecule has 0 aliphatic carbocycles. The molecule has 1 aromatic carbocycles. The molecule has 160 valence electrons. The second kappa shape index (κ2) is 9.00. The molecule has 0 radical (unpaired) electrons. The topological polar surface area (TPSA) is 76.0 Å². The Hall–Kier alpha value is -2.67. The summed E-state index contributed by atoms with van der Waals surface area (Å²) in [5.74, 6) is -0.307. The van der Waals surface area contributed by atoms with Crippen LogP contribution in [-0.2, 0) is 5.54 Å². The van der Waals surface area contributed by atoms with Gasteiger partial charge in [-0.15, -0.1) is 0 Å². The van der Waals surface area contributed by atoms with E-state index >= 15 is 0 Å². The highest BCUT2D eigenvalue weighted by molar-refractivity contribution is 7.22. The van der Waals surface area contributed by atoms with Crippen molar-refractivity contribution in [2.75, 3.05) is 11.9 Å². The van der Waals surface area contributed by atoms with E-state index in [1.807, 2.05) is 29.8 Å². The van der Waals surface area contributed by atoms with E-state index in [1.165, 1.54) is 11.3 Å². The van der Waals surface area contributed by atoms with Crippen LogP contribution in [0.1, 0.15) is 73.2 Å². The van der Waals surface area contributed by atoms with E-state index in [0.717, 1.165) is 29.5 Å². The van der Waals surface area contributed by atoms with Crippen molar-refractivity contribution < 1.29 is 9.59 Å². The number of hydrogen-bond acceptors (Lipinski definition) is 4. The van der Waals surface area contributed by atoms with Crippen molar-refractivity contribution in [3.05, 3.63) is 47.2 Å². The zero-order chi connectivity index (χ0) is 21.9. The molecule has 6 nitrogen and oxygen atoms in total. The van der Waals surface area contributed by atoms with Gasteiger partial charge < -0.3 is 9.88 Å². The monoisotopic (exact) mass is 426 g/mol. The third-order valence-electron chi connectivity index (χ3n) is 4.91. The molecule has 0 atom stereocenters. The third kappa shape index (κ3) is 4.90. The lowest BCUT2D eigenvalue weighted by atomic mass is 10.1. The molecule has 2 N–H and O–H groups in total. The standard InChI is InChI=1S/C23H30N4O2S/c1-6-7-8-13-24-21(29)17-14-27(23(3,4)5)19-18(17)30-22(25-19)26-20(28)16-11-9-15(2)10-12-16/h9-12,14H,6-8,13H2,1-5H3,(H,24,29)(H,25,26,28). The molecule has 0 fully saturated rings. The minimum atomic E-state index is -0.245. The second-order valence-corrected chi connectivity index (χ2v) is 9.54. The summed E-state index contributed by atoms with van der Waals surface area (Å²) in [5.41, 5.74) is 2.74. The van der Waals surface area contributed by atoms with Crippen LogP contribution < -0.4 is 10.6 Å². The maximum Gasteiger partial charge on any atom is 0.257 e. The number of carbonyl (C=O) groups is 2. The molecule has 0 unspecified atom stereocenters. The zero-order valence-corrected chi connectivity index (χ0v) is 19.2. The first-order valence-corrected chi connectivity index (χ1v) is 11.2. The summed E-state index contributed by atoms with van der Waals surface area (Å²) in [5, 5.41) is 6.38. The van der Waals surface area contributed by atoms with Crippen LogP contribution >= 0.6 is 11.3 Å². The molecule has 3 aromatic rings. The van der Waals surface area contributed by atoms with E-state index in [1.54, 1.807) is 12.1 Å². The van der Waals surface area contributed by atoms with Gasteiger partial charge in [-0.2, -0.15) is 0 Å². The number of benzene rings is 1. The molecular weight excluding hydrogens is 396 g/mol. The third-order valence-corrected chi connectivity index (χ3v) is 5.90. The average Bonchev–Trinajstić information content (AvgIpc) is 3.23. The number of carbonyl (C=O) groups excluding carboxylic acids is 2. The van der Waals surface area contributed by atoms with Gasteiger partial charge in [-0.05, 0) is 46.2 Å². The van der Waals surface area contributed by atoms with E-state index in [4.69, 9.17) is 0 Å². The van der Waals surface area contributed by atoms with E-state index in [0.29, 0.717) is 28.5 Å².